The third kappa shape index (κ3) is 2.35. The third-order valence-electron chi connectivity index (χ3n) is 2.58. The Hall–Kier alpha value is -1.51. The van der Waals surface area contributed by atoms with Crippen LogP contribution in [0.2, 0.25) is 0 Å². The highest BCUT2D eigenvalue weighted by atomic mass is 32.1. The first-order valence-corrected chi connectivity index (χ1v) is 7.15. The molecule has 18 heavy (non-hydrogen) atoms. The molecule has 2 aromatic rings. The van der Waals surface area contributed by atoms with Crippen molar-refractivity contribution >= 4 is 28.5 Å². The lowest BCUT2D eigenvalue weighted by molar-refractivity contribution is 0.0978. The van der Waals surface area contributed by atoms with E-state index in [1.54, 1.807) is 11.3 Å². The first-order valence-electron chi connectivity index (χ1n) is 5.46. The second kappa shape index (κ2) is 5.01. The predicted octanol–water partition coefficient (Wildman–Crippen LogP) is 3.62. The molecular weight excluding hydrogens is 264 g/mol. The van der Waals surface area contributed by atoms with Crippen molar-refractivity contribution in [2.45, 2.75) is 26.7 Å². The Bertz CT molecular complexity index is 634. The van der Waals surface area contributed by atoms with Crippen molar-refractivity contribution in [3.8, 4) is 6.07 Å². The zero-order valence-corrected chi connectivity index (χ0v) is 12.0. The molecule has 5 heteroatoms. The Morgan fingerprint density at radius 1 is 1.44 bits per heavy atom. The summed E-state index contributed by atoms with van der Waals surface area (Å²) in [5.74, 6) is -0.926. The van der Waals surface area contributed by atoms with Gasteiger partial charge in [0.2, 0.25) is 0 Å². The van der Waals surface area contributed by atoms with Crippen molar-refractivity contribution in [3.63, 3.8) is 0 Å². The molecule has 92 valence electrons. The van der Waals surface area contributed by atoms with E-state index in [9.17, 15) is 10.1 Å². The summed E-state index contributed by atoms with van der Waals surface area (Å²) in [7, 11) is 0. The maximum atomic E-state index is 12.4. The number of carbonyl (C=O) groups is 1. The fraction of sp³-hybridized carbons (Fsp3) is 0.308. The molecule has 0 aromatic carbocycles. The maximum absolute atomic E-state index is 12.4. The molecule has 0 amide bonds. The molecule has 0 spiro atoms. The van der Waals surface area contributed by atoms with Crippen LogP contribution in [0, 0.1) is 32.1 Å². The third-order valence-corrected chi connectivity index (χ3v) is 4.57. The summed E-state index contributed by atoms with van der Waals surface area (Å²) < 4.78 is 0. The standard InChI is InChI=1S/C13H12N2OS2/c1-7-6-17-13(15-7)11(5-14)12(16)10-4-8(2)18-9(10)3/h4,6,11H,1-3H3. The van der Waals surface area contributed by atoms with E-state index in [-0.39, 0.29) is 5.78 Å². The van der Waals surface area contributed by atoms with Crippen LogP contribution in [0.3, 0.4) is 0 Å². The molecular formula is C13H12N2OS2. The van der Waals surface area contributed by atoms with Crippen molar-refractivity contribution in [3.05, 3.63) is 37.5 Å². The first kappa shape index (κ1) is 12.9. The van der Waals surface area contributed by atoms with Gasteiger partial charge in [0.1, 0.15) is 5.01 Å². The number of thiazole rings is 1. The van der Waals surface area contributed by atoms with Crippen molar-refractivity contribution in [2.75, 3.05) is 0 Å². The number of aryl methyl sites for hydroxylation is 3. The van der Waals surface area contributed by atoms with Gasteiger partial charge in [0.15, 0.2) is 11.7 Å². The number of nitrogens with zero attached hydrogens (tertiary/aromatic N) is 2. The van der Waals surface area contributed by atoms with Crippen LogP contribution in [0.1, 0.15) is 36.7 Å². The lowest BCUT2D eigenvalue weighted by Crippen LogP contribution is -2.11. The molecule has 1 atom stereocenters. The van der Waals surface area contributed by atoms with Gasteiger partial charge in [0.05, 0.1) is 6.07 Å². The van der Waals surface area contributed by atoms with E-state index in [0.717, 1.165) is 15.4 Å². The summed E-state index contributed by atoms with van der Waals surface area (Å²) in [6, 6.07) is 3.92. The summed E-state index contributed by atoms with van der Waals surface area (Å²) >= 11 is 2.95. The van der Waals surface area contributed by atoms with Crippen LogP contribution in [-0.2, 0) is 0 Å². The van der Waals surface area contributed by atoms with E-state index in [4.69, 9.17) is 0 Å². The number of nitriles is 1. The van der Waals surface area contributed by atoms with Crippen LogP contribution < -0.4 is 0 Å². The normalized spacial score (nSPS) is 12.1. The van der Waals surface area contributed by atoms with Crippen molar-refractivity contribution in [1.29, 1.82) is 5.26 Å². The van der Waals surface area contributed by atoms with E-state index in [1.165, 1.54) is 11.3 Å². The average molecular weight is 276 g/mol. The zero-order chi connectivity index (χ0) is 13.3. The predicted molar refractivity (Wildman–Crippen MR) is 73.3 cm³/mol. The SMILES string of the molecule is Cc1csc(C(C#N)C(=O)c2cc(C)sc2C)n1. The summed E-state index contributed by atoms with van der Waals surface area (Å²) in [5, 5.41) is 11.7. The maximum Gasteiger partial charge on any atom is 0.188 e. The lowest BCUT2D eigenvalue weighted by Gasteiger charge is -2.04. The van der Waals surface area contributed by atoms with Gasteiger partial charge in [-0.25, -0.2) is 4.98 Å². The molecule has 2 heterocycles. The lowest BCUT2D eigenvalue weighted by atomic mass is 10.00. The van der Waals surface area contributed by atoms with Crippen LogP contribution >= 0.6 is 22.7 Å². The van der Waals surface area contributed by atoms with Crippen LogP contribution in [0.4, 0.5) is 0 Å². The molecule has 0 radical (unpaired) electrons. The van der Waals surface area contributed by atoms with Gasteiger partial charge >= 0.3 is 0 Å². The molecule has 0 aliphatic carbocycles. The Balaban J connectivity index is 2.38. The number of rotatable bonds is 3. The average Bonchev–Trinajstić information content (AvgIpc) is 2.86. The molecule has 0 saturated carbocycles. The quantitative estimate of drug-likeness (QED) is 0.804. The van der Waals surface area contributed by atoms with Crippen molar-refractivity contribution in [1.82, 2.24) is 4.98 Å². The number of thiophene rings is 1. The molecule has 2 rings (SSSR count). The number of Topliss-reactive ketones (excluding diaryl/α,β-unsaturated/α-hetero) is 1. The summed E-state index contributed by atoms with van der Waals surface area (Å²) in [6.07, 6.45) is 0. The smallest absolute Gasteiger partial charge is 0.188 e. The molecule has 1 unspecified atom stereocenters. The summed E-state index contributed by atoms with van der Waals surface area (Å²) in [6.45, 7) is 5.73. The number of ketones is 1. The minimum Gasteiger partial charge on any atom is -0.292 e. The van der Waals surface area contributed by atoms with Crippen LogP contribution in [0.15, 0.2) is 11.4 Å². The van der Waals surface area contributed by atoms with E-state index in [1.807, 2.05) is 32.2 Å². The Kier molecular flexibility index (Phi) is 3.60. The topological polar surface area (TPSA) is 53.8 Å². The van der Waals surface area contributed by atoms with Gasteiger partial charge in [-0.1, -0.05) is 0 Å². The largest absolute Gasteiger partial charge is 0.292 e. The second-order valence-electron chi connectivity index (χ2n) is 4.08. The fourth-order valence-electron chi connectivity index (χ4n) is 1.76. The Labute approximate surface area is 114 Å². The van der Waals surface area contributed by atoms with Crippen molar-refractivity contribution < 1.29 is 4.79 Å². The van der Waals surface area contributed by atoms with Gasteiger partial charge in [-0.3, -0.25) is 4.79 Å². The van der Waals surface area contributed by atoms with Crippen LogP contribution in [0.25, 0.3) is 0 Å². The zero-order valence-electron chi connectivity index (χ0n) is 10.4. The minimum absolute atomic E-state index is 0.145. The molecule has 0 N–H and O–H groups in total. The van der Waals surface area contributed by atoms with Gasteiger partial charge in [0.25, 0.3) is 0 Å². The molecule has 2 aromatic heterocycles. The number of hydrogen-bond acceptors (Lipinski definition) is 5. The number of carbonyl (C=O) groups excluding carboxylic acids is 1. The van der Waals surface area contributed by atoms with Gasteiger partial charge in [-0.15, -0.1) is 22.7 Å². The molecule has 0 aliphatic heterocycles. The molecule has 0 fully saturated rings. The minimum atomic E-state index is -0.781. The monoisotopic (exact) mass is 276 g/mol. The van der Waals surface area contributed by atoms with Gasteiger partial charge in [-0.05, 0) is 26.8 Å². The number of aromatic nitrogens is 1. The van der Waals surface area contributed by atoms with E-state index in [0.29, 0.717) is 10.6 Å². The molecule has 0 bridgehead atoms. The Morgan fingerprint density at radius 3 is 2.61 bits per heavy atom. The van der Waals surface area contributed by atoms with Gasteiger partial charge < -0.3 is 0 Å². The molecule has 3 nitrogen and oxygen atoms in total. The second-order valence-corrected chi connectivity index (χ2v) is 6.43. The highest BCUT2D eigenvalue weighted by Gasteiger charge is 2.26. The van der Waals surface area contributed by atoms with Gasteiger partial charge in [0, 0.05) is 26.4 Å². The van der Waals surface area contributed by atoms with E-state index >= 15 is 0 Å². The van der Waals surface area contributed by atoms with Gasteiger partial charge in [-0.2, -0.15) is 5.26 Å². The van der Waals surface area contributed by atoms with Crippen molar-refractivity contribution in [2.24, 2.45) is 0 Å². The first-order chi connectivity index (χ1) is 8.52. The summed E-state index contributed by atoms with van der Waals surface area (Å²) in [4.78, 5) is 18.7. The fourth-order valence-corrected chi connectivity index (χ4v) is 3.53. The van der Waals surface area contributed by atoms with E-state index in [2.05, 4.69) is 11.1 Å². The van der Waals surface area contributed by atoms with Crippen LogP contribution in [-0.4, -0.2) is 10.8 Å². The van der Waals surface area contributed by atoms with Crippen LogP contribution in [0.5, 0.6) is 0 Å². The number of hydrogen-bond donors (Lipinski definition) is 0. The summed E-state index contributed by atoms with van der Waals surface area (Å²) in [5.41, 5.74) is 1.50. The molecule has 0 saturated heterocycles. The molecule has 0 aliphatic rings. The Morgan fingerprint density at radius 2 is 2.17 bits per heavy atom. The highest BCUT2D eigenvalue weighted by molar-refractivity contribution is 7.12. The highest BCUT2D eigenvalue weighted by Crippen LogP contribution is 2.28. The van der Waals surface area contributed by atoms with E-state index < -0.39 is 5.92 Å².